The molecular weight excluding hydrogens is 497 g/mol. The van der Waals surface area contributed by atoms with Crippen LogP contribution in [-0.4, -0.2) is 67.5 Å². The second-order valence-corrected chi connectivity index (χ2v) is 8.63. The van der Waals surface area contributed by atoms with Gasteiger partial charge in [0.05, 0.1) is 0 Å². The molecule has 2 N–H and O–H groups in total. The van der Waals surface area contributed by atoms with Crippen LogP contribution >= 0.6 is 35.3 Å². The molecule has 0 aromatic carbocycles. The average Bonchev–Trinajstić information content (AvgIpc) is 3.07. The highest BCUT2D eigenvalue weighted by Crippen LogP contribution is 2.23. The summed E-state index contributed by atoms with van der Waals surface area (Å²) in [6.45, 7) is 9.60. The summed E-state index contributed by atoms with van der Waals surface area (Å²) in [5.41, 5.74) is 1.50. The van der Waals surface area contributed by atoms with Gasteiger partial charge in [0.2, 0.25) is 5.91 Å². The Labute approximate surface area is 196 Å². The van der Waals surface area contributed by atoms with E-state index in [9.17, 15) is 4.79 Å². The average molecular weight is 534 g/mol. The van der Waals surface area contributed by atoms with Crippen molar-refractivity contribution in [3.63, 3.8) is 0 Å². The number of thiophene rings is 1. The highest BCUT2D eigenvalue weighted by molar-refractivity contribution is 14.0. The van der Waals surface area contributed by atoms with E-state index in [4.69, 9.17) is 4.99 Å². The van der Waals surface area contributed by atoms with Crippen molar-refractivity contribution in [2.45, 2.75) is 52.0 Å². The normalized spacial score (nSPS) is 18.0. The molecule has 0 unspecified atom stereocenters. The Bertz CT molecular complexity index is 651. The zero-order valence-electron chi connectivity index (χ0n) is 17.6. The molecule has 1 amide bonds. The van der Waals surface area contributed by atoms with E-state index in [-0.39, 0.29) is 24.0 Å². The fourth-order valence-electron chi connectivity index (χ4n) is 3.90. The van der Waals surface area contributed by atoms with E-state index >= 15 is 0 Å². The van der Waals surface area contributed by atoms with Gasteiger partial charge in [-0.2, -0.15) is 0 Å². The van der Waals surface area contributed by atoms with Crippen LogP contribution in [0, 0.1) is 0 Å². The maximum atomic E-state index is 12.1. The number of carbonyl (C=O) groups excluding carboxylic acids is 1. The van der Waals surface area contributed by atoms with E-state index in [0.29, 0.717) is 5.91 Å². The fraction of sp³-hybridized carbons (Fsp3) is 0.714. The Morgan fingerprint density at radius 1 is 1.17 bits per heavy atom. The number of aliphatic imine (C=N–C) groups is 1. The molecule has 0 atom stereocenters. The van der Waals surface area contributed by atoms with Crippen molar-refractivity contribution in [2.75, 3.05) is 45.8 Å². The second-order valence-electron chi connectivity index (χ2n) is 7.63. The van der Waals surface area contributed by atoms with Crippen LogP contribution in [-0.2, 0) is 17.8 Å². The number of nitrogens with one attached hydrogen (secondary N) is 2. The zero-order chi connectivity index (χ0) is 19.6. The first kappa shape index (κ1) is 24.4. The number of rotatable bonds is 8. The highest BCUT2D eigenvalue weighted by Gasteiger charge is 2.17. The van der Waals surface area contributed by atoms with Crippen LogP contribution in [0.3, 0.4) is 0 Å². The summed E-state index contributed by atoms with van der Waals surface area (Å²) < 4.78 is 0. The van der Waals surface area contributed by atoms with Crippen LogP contribution in [0.15, 0.2) is 16.4 Å². The van der Waals surface area contributed by atoms with E-state index in [2.05, 4.69) is 33.9 Å². The summed E-state index contributed by atoms with van der Waals surface area (Å²) in [5.74, 6) is 1.21. The van der Waals surface area contributed by atoms with Crippen LogP contribution in [0.5, 0.6) is 0 Å². The Kier molecular flexibility index (Phi) is 11.3. The molecule has 1 aromatic rings. The standard InChI is InChI=1S/C21H35N5OS.HI/c1-2-22-21(23-10-6-13-26-12-5-3-4-7-20(26)27)24-11-15-25-14-8-19-18(17-25)9-16-28-19;/h9,16H,2-8,10-15,17H2,1H3,(H2,22,23,24);1H. The third-order valence-corrected chi connectivity index (χ3v) is 6.50. The summed E-state index contributed by atoms with van der Waals surface area (Å²) in [5, 5.41) is 9.00. The SMILES string of the molecule is CCNC(=NCCCN1CCCCCC1=O)NCCN1CCc2sccc2C1.I. The number of fused-ring (bicyclic) bond motifs is 1. The molecule has 0 radical (unpaired) electrons. The first-order valence-corrected chi connectivity index (χ1v) is 11.7. The Morgan fingerprint density at radius 3 is 2.93 bits per heavy atom. The monoisotopic (exact) mass is 533 g/mol. The minimum Gasteiger partial charge on any atom is -0.357 e. The highest BCUT2D eigenvalue weighted by atomic mass is 127. The molecule has 8 heteroatoms. The smallest absolute Gasteiger partial charge is 0.222 e. The lowest BCUT2D eigenvalue weighted by atomic mass is 10.1. The quantitative estimate of drug-likeness (QED) is 0.234. The number of hydrogen-bond acceptors (Lipinski definition) is 4. The van der Waals surface area contributed by atoms with Crippen molar-refractivity contribution in [1.29, 1.82) is 0 Å². The summed E-state index contributed by atoms with van der Waals surface area (Å²) in [7, 11) is 0. The zero-order valence-corrected chi connectivity index (χ0v) is 20.8. The van der Waals surface area contributed by atoms with Gasteiger partial charge in [0.1, 0.15) is 0 Å². The van der Waals surface area contributed by atoms with Crippen molar-refractivity contribution < 1.29 is 4.79 Å². The van der Waals surface area contributed by atoms with Crippen molar-refractivity contribution in [1.82, 2.24) is 20.4 Å². The summed E-state index contributed by atoms with van der Waals surface area (Å²) in [6.07, 6.45) is 6.19. The molecule has 164 valence electrons. The second kappa shape index (κ2) is 13.4. The van der Waals surface area contributed by atoms with Crippen LogP contribution in [0.4, 0.5) is 0 Å². The molecule has 0 aliphatic carbocycles. The van der Waals surface area contributed by atoms with E-state index in [1.165, 1.54) is 18.4 Å². The van der Waals surface area contributed by atoms with Gasteiger partial charge in [-0.05, 0) is 49.6 Å². The molecule has 6 nitrogen and oxygen atoms in total. The third kappa shape index (κ3) is 8.05. The molecule has 1 fully saturated rings. The molecular formula is C21H36IN5OS. The number of carbonyl (C=O) groups is 1. The molecule has 3 heterocycles. The van der Waals surface area contributed by atoms with Crippen LogP contribution in [0.2, 0.25) is 0 Å². The van der Waals surface area contributed by atoms with Gasteiger partial charge in [0.25, 0.3) is 0 Å². The molecule has 3 rings (SSSR count). The van der Waals surface area contributed by atoms with Gasteiger partial charge < -0.3 is 15.5 Å². The number of hydrogen-bond donors (Lipinski definition) is 2. The number of amides is 1. The van der Waals surface area contributed by atoms with Gasteiger partial charge in [0.15, 0.2) is 5.96 Å². The minimum absolute atomic E-state index is 0. The summed E-state index contributed by atoms with van der Waals surface area (Å²) in [6, 6.07) is 2.26. The Balaban J connectivity index is 0.00000300. The number of guanidine groups is 1. The van der Waals surface area contributed by atoms with E-state index in [0.717, 1.165) is 84.0 Å². The number of nitrogens with zero attached hydrogens (tertiary/aromatic N) is 3. The van der Waals surface area contributed by atoms with E-state index in [1.807, 2.05) is 16.2 Å². The Morgan fingerprint density at radius 2 is 2.07 bits per heavy atom. The lowest BCUT2D eigenvalue weighted by Gasteiger charge is -2.27. The molecule has 0 spiro atoms. The minimum atomic E-state index is 0. The topological polar surface area (TPSA) is 60.0 Å². The summed E-state index contributed by atoms with van der Waals surface area (Å²) in [4.78, 5) is 22.8. The van der Waals surface area contributed by atoms with Crippen molar-refractivity contribution in [3.8, 4) is 0 Å². The van der Waals surface area contributed by atoms with E-state index < -0.39 is 0 Å². The van der Waals surface area contributed by atoms with Crippen LogP contribution in [0.25, 0.3) is 0 Å². The predicted molar refractivity (Wildman–Crippen MR) is 132 cm³/mol. The summed E-state index contributed by atoms with van der Waals surface area (Å²) >= 11 is 1.89. The van der Waals surface area contributed by atoms with Crippen LogP contribution < -0.4 is 10.6 Å². The van der Waals surface area contributed by atoms with Crippen LogP contribution in [0.1, 0.15) is 49.5 Å². The number of halogens is 1. The lowest BCUT2D eigenvalue weighted by molar-refractivity contribution is -0.130. The molecule has 2 aliphatic rings. The number of likely N-dealkylation sites (tertiary alicyclic amines) is 1. The van der Waals surface area contributed by atoms with Gasteiger partial charge >= 0.3 is 0 Å². The van der Waals surface area contributed by atoms with Crippen molar-refractivity contribution in [3.05, 3.63) is 21.9 Å². The molecule has 1 saturated heterocycles. The lowest BCUT2D eigenvalue weighted by Crippen LogP contribution is -2.42. The maximum absolute atomic E-state index is 12.1. The fourth-order valence-corrected chi connectivity index (χ4v) is 4.79. The largest absolute Gasteiger partial charge is 0.357 e. The van der Waals surface area contributed by atoms with Gasteiger partial charge in [-0.3, -0.25) is 14.7 Å². The van der Waals surface area contributed by atoms with Gasteiger partial charge in [-0.25, -0.2) is 0 Å². The van der Waals surface area contributed by atoms with Gasteiger partial charge in [-0.15, -0.1) is 35.3 Å². The predicted octanol–water partition coefficient (Wildman–Crippen LogP) is 3.07. The maximum Gasteiger partial charge on any atom is 0.222 e. The van der Waals surface area contributed by atoms with Crippen molar-refractivity contribution in [2.24, 2.45) is 4.99 Å². The molecule has 0 saturated carbocycles. The molecule has 0 bridgehead atoms. The van der Waals surface area contributed by atoms with E-state index in [1.54, 1.807) is 4.88 Å². The van der Waals surface area contributed by atoms with Gasteiger partial charge in [-0.1, -0.05) is 6.42 Å². The van der Waals surface area contributed by atoms with Crippen molar-refractivity contribution >= 4 is 47.2 Å². The third-order valence-electron chi connectivity index (χ3n) is 5.48. The Hall–Kier alpha value is -0.870. The molecule has 2 aliphatic heterocycles. The first-order chi connectivity index (χ1) is 13.8. The molecule has 1 aromatic heterocycles. The molecule has 29 heavy (non-hydrogen) atoms. The van der Waals surface area contributed by atoms with Gasteiger partial charge in [0, 0.05) is 63.7 Å². The first-order valence-electron chi connectivity index (χ1n) is 10.8.